The van der Waals surface area contributed by atoms with Gasteiger partial charge < -0.3 is 15.8 Å². The van der Waals surface area contributed by atoms with Gasteiger partial charge in [-0.25, -0.2) is 0 Å². The van der Waals surface area contributed by atoms with Crippen LogP contribution in [0.4, 0.5) is 11.4 Å². The number of aryl methyl sites for hydroxylation is 1. The molecule has 1 aromatic rings. The highest BCUT2D eigenvalue weighted by atomic mass is 16.5. The summed E-state index contributed by atoms with van der Waals surface area (Å²) in [6.45, 7) is 6.17. The molecule has 1 saturated heterocycles. The zero-order chi connectivity index (χ0) is 12.3. The summed E-state index contributed by atoms with van der Waals surface area (Å²) < 4.78 is 5.69. The Balaban J connectivity index is 1.93. The number of hydrogen-bond donors (Lipinski definition) is 2. The molecule has 1 aliphatic rings. The first-order valence-corrected chi connectivity index (χ1v) is 6.42. The molecule has 17 heavy (non-hydrogen) atoms. The summed E-state index contributed by atoms with van der Waals surface area (Å²) in [5.74, 6) is 0.636. The Bertz CT molecular complexity index is 378. The highest BCUT2D eigenvalue weighted by molar-refractivity contribution is 5.57. The maximum atomic E-state index is 5.74. The normalized spacial score (nSPS) is 23.9. The summed E-state index contributed by atoms with van der Waals surface area (Å²) in [6.07, 6.45) is 2.70. The molecule has 3 heteroatoms. The van der Waals surface area contributed by atoms with Gasteiger partial charge in [-0.1, -0.05) is 6.92 Å². The summed E-state index contributed by atoms with van der Waals surface area (Å²) in [5.41, 5.74) is 8.95. The van der Waals surface area contributed by atoms with E-state index in [0.717, 1.165) is 25.3 Å². The molecule has 0 aromatic heterocycles. The van der Waals surface area contributed by atoms with Gasteiger partial charge in [-0.05, 0) is 43.5 Å². The minimum absolute atomic E-state index is 0.427. The molecule has 2 rings (SSSR count). The van der Waals surface area contributed by atoms with Crippen LogP contribution in [0.5, 0.6) is 0 Å². The van der Waals surface area contributed by atoms with Crippen LogP contribution >= 0.6 is 0 Å². The van der Waals surface area contributed by atoms with Crippen LogP contribution in [0.3, 0.4) is 0 Å². The lowest BCUT2D eigenvalue weighted by molar-refractivity contribution is 0.0900. The van der Waals surface area contributed by atoms with Crippen molar-refractivity contribution in [3.63, 3.8) is 0 Å². The number of nitrogens with one attached hydrogen (secondary N) is 1. The monoisotopic (exact) mass is 234 g/mol. The van der Waals surface area contributed by atoms with E-state index in [4.69, 9.17) is 10.5 Å². The van der Waals surface area contributed by atoms with Crippen molar-refractivity contribution in [2.24, 2.45) is 5.92 Å². The van der Waals surface area contributed by atoms with Crippen molar-refractivity contribution in [3.8, 4) is 0 Å². The Kier molecular flexibility index (Phi) is 3.89. The third kappa shape index (κ3) is 2.91. The Morgan fingerprint density at radius 2 is 2.29 bits per heavy atom. The van der Waals surface area contributed by atoms with E-state index in [1.807, 2.05) is 12.1 Å². The lowest BCUT2D eigenvalue weighted by atomic mass is 9.99. The molecule has 2 unspecified atom stereocenters. The standard InChI is InChI=1S/C14H22N2O/c1-3-14-11(6-7-17-14)9-16-13-5-4-12(15)8-10(13)2/h4-5,8,11,14,16H,3,6-7,9,15H2,1-2H3. The quantitative estimate of drug-likeness (QED) is 0.787. The first kappa shape index (κ1) is 12.2. The molecule has 2 atom stereocenters. The Morgan fingerprint density at radius 1 is 1.47 bits per heavy atom. The number of benzene rings is 1. The highest BCUT2D eigenvalue weighted by Crippen LogP contribution is 2.25. The van der Waals surface area contributed by atoms with Gasteiger partial charge in [-0.3, -0.25) is 0 Å². The topological polar surface area (TPSA) is 47.3 Å². The van der Waals surface area contributed by atoms with Crippen LogP contribution in [-0.4, -0.2) is 19.3 Å². The van der Waals surface area contributed by atoms with Crippen molar-refractivity contribution in [3.05, 3.63) is 23.8 Å². The van der Waals surface area contributed by atoms with Crippen molar-refractivity contribution >= 4 is 11.4 Å². The predicted octanol–water partition coefficient (Wildman–Crippen LogP) is 2.80. The SMILES string of the molecule is CCC1OCCC1CNc1ccc(N)cc1C. The van der Waals surface area contributed by atoms with Crippen molar-refractivity contribution in [1.29, 1.82) is 0 Å². The molecule has 1 heterocycles. The van der Waals surface area contributed by atoms with Gasteiger partial charge in [0, 0.05) is 30.4 Å². The van der Waals surface area contributed by atoms with Crippen LogP contribution in [-0.2, 0) is 4.74 Å². The fourth-order valence-electron chi connectivity index (χ4n) is 2.50. The van der Waals surface area contributed by atoms with Crippen LogP contribution in [0.2, 0.25) is 0 Å². The fourth-order valence-corrected chi connectivity index (χ4v) is 2.50. The second kappa shape index (κ2) is 5.41. The van der Waals surface area contributed by atoms with Crippen molar-refractivity contribution in [1.82, 2.24) is 0 Å². The summed E-state index contributed by atoms with van der Waals surface area (Å²) in [6, 6.07) is 6.00. The van der Waals surface area contributed by atoms with E-state index in [-0.39, 0.29) is 0 Å². The number of nitrogen functional groups attached to an aromatic ring is 1. The van der Waals surface area contributed by atoms with Gasteiger partial charge in [0.15, 0.2) is 0 Å². The van der Waals surface area contributed by atoms with Gasteiger partial charge in [0.05, 0.1) is 6.10 Å². The third-order valence-electron chi connectivity index (χ3n) is 3.55. The van der Waals surface area contributed by atoms with Crippen LogP contribution in [0, 0.1) is 12.8 Å². The predicted molar refractivity (Wildman–Crippen MR) is 72.2 cm³/mol. The minimum atomic E-state index is 0.427. The van der Waals surface area contributed by atoms with Crippen LogP contribution in [0.25, 0.3) is 0 Å². The minimum Gasteiger partial charge on any atom is -0.399 e. The highest BCUT2D eigenvalue weighted by Gasteiger charge is 2.26. The van der Waals surface area contributed by atoms with E-state index < -0.39 is 0 Å². The Labute approximate surface area is 103 Å². The molecular formula is C14H22N2O. The number of ether oxygens (including phenoxy) is 1. The lowest BCUT2D eigenvalue weighted by Crippen LogP contribution is -2.23. The summed E-state index contributed by atoms with van der Waals surface area (Å²) >= 11 is 0. The zero-order valence-electron chi connectivity index (χ0n) is 10.7. The van der Waals surface area contributed by atoms with E-state index in [1.165, 1.54) is 17.7 Å². The smallest absolute Gasteiger partial charge is 0.0618 e. The summed E-state index contributed by atoms with van der Waals surface area (Å²) in [4.78, 5) is 0. The van der Waals surface area contributed by atoms with E-state index in [0.29, 0.717) is 12.0 Å². The molecular weight excluding hydrogens is 212 g/mol. The maximum absolute atomic E-state index is 5.74. The number of rotatable bonds is 4. The van der Waals surface area contributed by atoms with Crippen LogP contribution in [0.1, 0.15) is 25.3 Å². The third-order valence-corrected chi connectivity index (χ3v) is 3.55. The van der Waals surface area contributed by atoms with E-state index in [9.17, 15) is 0 Å². The molecule has 0 bridgehead atoms. The van der Waals surface area contributed by atoms with E-state index >= 15 is 0 Å². The zero-order valence-corrected chi connectivity index (χ0v) is 10.7. The molecule has 1 aromatic carbocycles. The van der Waals surface area contributed by atoms with Gasteiger partial charge in [0.25, 0.3) is 0 Å². The van der Waals surface area contributed by atoms with Crippen molar-refractivity contribution in [2.75, 3.05) is 24.2 Å². The molecule has 1 fully saturated rings. The Hall–Kier alpha value is -1.22. The van der Waals surface area contributed by atoms with Crippen molar-refractivity contribution in [2.45, 2.75) is 32.8 Å². The molecule has 0 amide bonds. The Morgan fingerprint density at radius 3 is 3.00 bits per heavy atom. The second-order valence-corrected chi connectivity index (χ2v) is 4.82. The molecule has 3 nitrogen and oxygen atoms in total. The molecule has 0 aliphatic carbocycles. The maximum Gasteiger partial charge on any atom is 0.0618 e. The first-order valence-electron chi connectivity index (χ1n) is 6.42. The van der Waals surface area contributed by atoms with Gasteiger partial charge >= 0.3 is 0 Å². The number of anilines is 2. The van der Waals surface area contributed by atoms with Gasteiger partial charge in [0.1, 0.15) is 0 Å². The van der Waals surface area contributed by atoms with Gasteiger partial charge in [0.2, 0.25) is 0 Å². The summed E-state index contributed by atoms with van der Waals surface area (Å²) in [5, 5.41) is 3.51. The largest absolute Gasteiger partial charge is 0.399 e. The molecule has 94 valence electrons. The average molecular weight is 234 g/mol. The molecule has 0 spiro atoms. The number of nitrogens with two attached hydrogens (primary N) is 1. The lowest BCUT2D eigenvalue weighted by Gasteiger charge is -2.19. The molecule has 0 radical (unpaired) electrons. The fraction of sp³-hybridized carbons (Fsp3) is 0.571. The molecule has 1 aliphatic heterocycles. The van der Waals surface area contributed by atoms with Crippen molar-refractivity contribution < 1.29 is 4.74 Å². The van der Waals surface area contributed by atoms with E-state index in [2.05, 4.69) is 25.2 Å². The number of hydrogen-bond acceptors (Lipinski definition) is 3. The van der Waals surface area contributed by atoms with Gasteiger partial charge in [-0.15, -0.1) is 0 Å². The molecule has 0 saturated carbocycles. The van der Waals surface area contributed by atoms with Crippen LogP contribution < -0.4 is 11.1 Å². The molecule has 3 N–H and O–H groups in total. The first-order chi connectivity index (χ1) is 8.20. The van der Waals surface area contributed by atoms with Crippen LogP contribution in [0.15, 0.2) is 18.2 Å². The van der Waals surface area contributed by atoms with Gasteiger partial charge in [-0.2, -0.15) is 0 Å². The second-order valence-electron chi connectivity index (χ2n) is 4.82. The van der Waals surface area contributed by atoms with E-state index in [1.54, 1.807) is 0 Å². The average Bonchev–Trinajstić information content (AvgIpc) is 2.75. The summed E-state index contributed by atoms with van der Waals surface area (Å²) in [7, 11) is 0.